The molecule has 2 aromatic carbocycles. The van der Waals surface area contributed by atoms with E-state index in [1.165, 1.54) is 0 Å². The molecule has 2 bridgehead atoms. The fourth-order valence-corrected chi connectivity index (χ4v) is 5.09. The lowest BCUT2D eigenvalue weighted by molar-refractivity contribution is -0.160. The summed E-state index contributed by atoms with van der Waals surface area (Å²) in [6.07, 6.45) is 3.86. The minimum absolute atomic E-state index is 0.116. The number of para-hydroxylation sites is 2. The molecule has 4 atom stereocenters. The third-order valence-corrected chi connectivity index (χ3v) is 6.22. The van der Waals surface area contributed by atoms with Crippen molar-refractivity contribution in [2.75, 3.05) is 5.32 Å². The molecule has 5 nitrogen and oxygen atoms in total. The van der Waals surface area contributed by atoms with E-state index in [0.29, 0.717) is 5.69 Å². The van der Waals surface area contributed by atoms with Crippen LogP contribution in [0.2, 0.25) is 0 Å². The topological polar surface area (TPSA) is 67.4 Å². The zero-order valence-electron chi connectivity index (χ0n) is 15.0. The highest BCUT2D eigenvalue weighted by molar-refractivity contribution is 6.08. The van der Waals surface area contributed by atoms with Gasteiger partial charge < -0.3 is 15.4 Å². The lowest BCUT2D eigenvalue weighted by Gasteiger charge is -2.55. The number of amides is 2. The lowest BCUT2D eigenvalue weighted by Crippen LogP contribution is -2.69. The maximum Gasteiger partial charge on any atom is 0.237 e. The van der Waals surface area contributed by atoms with Gasteiger partial charge in [-0.1, -0.05) is 42.8 Å². The molecule has 138 valence electrons. The summed E-state index contributed by atoms with van der Waals surface area (Å²) in [5.41, 5.74) is 1.01. The molecule has 1 saturated carbocycles. The molecule has 0 aromatic heterocycles. The Morgan fingerprint density at radius 1 is 1.07 bits per heavy atom. The molecule has 2 heterocycles. The summed E-state index contributed by atoms with van der Waals surface area (Å²) >= 11 is 0. The second kappa shape index (κ2) is 6.12. The van der Waals surface area contributed by atoms with Gasteiger partial charge in [-0.05, 0) is 36.6 Å². The summed E-state index contributed by atoms with van der Waals surface area (Å²) in [6.45, 7) is 0. The van der Waals surface area contributed by atoms with Crippen LogP contribution in [0.3, 0.4) is 0 Å². The van der Waals surface area contributed by atoms with Crippen molar-refractivity contribution in [2.45, 2.75) is 37.3 Å². The van der Waals surface area contributed by atoms with Crippen molar-refractivity contribution in [1.29, 1.82) is 0 Å². The van der Waals surface area contributed by atoms with Crippen molar-refractivity contribution >= 4 is 17.5 Å². The average Bonchev–Trinajstić information content (AvgIpc) is 2.67. The van der Waals surface area contributed by atoms with E-state index in [4.69, 9.17) is 4.74 Å². The summed E-state index contributed by atoms with van der Waals surface area (Å²) < 4.78 is 6.35. The predicted molar refractivity (Wildman–Crippen MR) is 101 cm³/mol. The summed E-state index contributed by atoms with van der Waals surface area (Å²) in [6, 6.07) is 17.1. The highest BCUT2D eigenvalue weighted by Crippen LogP contribution is 2.55. The van der Waals surface area contributed by atoms with E-state index >= 15 is 0 Å². The Balaban J connectivity index is 1.57. The van der Waals surface area contributed by atoms with Gasteiger partial charge in [0.25, 0.3) is 0 Å². The Morgan fingerprint density at radius 2 is 1.85 bits per heavy atom. The van der Waals surface area contributed by atoms with Gasteiger partial charge in [-0.25, -0.2) is 0 Å². The largest absolute Gasteiger partial charge is 0.467 e. The van der Waals surface area contributed by atoms with E-state index in [1.54, 1.807) is 0 Å². The van der Waals surface area contributed by atoms with Gasteiger partial charge in [0.1, 0.15) is 11.7 Å². The molecule has 2 aromatic rings. The highest BCUT2D eigenvalue weighted by atomic mass is 16.5. The first-order valence-electron chi connectivity index (χ1n) is 9.64. The van der Waals surface area contributed by atoms with E-state index in [-0.39, 0.29) is 23.7 Å². The van der Waals surface area contributed by atoms with E-state index in [2.05, 4.69) is 10.6 Å². The zero-order valence-corrected chi connectivity index (χ0v) is 15.0. The van der Waals surface area contributed by atoms with Crippen LogP contribution >= 0.6 is 0 Å². The Kier molecular flexibility index (Phi) is 3.71. The van der Waals surface area contributed by atoms with Crippen LogP contribution in [0.5, 0.6) is 5.75 Å². The Labute approximate surface area is 158 Å². The number of fused-ring (bicyclic) bond motifs is 2. The number of piperidine rings is 1. The van der Waals surface area contributed by atoms with Gasteiger partial charge in [0, 0.05) is 23.9 Å². The number of hydrogen-bond donors (Lipinski definition) is 2. The van der Waals surface area contributed by atoms with Gasteiger partial charge in [0.2, 0.25) is 11.8 Å². The molecule has 3 aliphatic rings. The van der Waals surface area contributed by atoms with Crippen LogP contribution in [0.1, 0.15) is 37.2 Å². The molecule has 5 heteroatoms. The monoisotopic (exact) mass is 362 g/mol. The molecule has 1 aliphatic carbocycles. The number of rotatable bonds is 2. The minimum Gasteiger partial charge on any atom is -0.467 e. The fourth-order valence-electron chi connectivity index (χ4n) is 5.09. The molecule has 0 unspecified atom stereocenters. The van der Waals surface area contributed by atoms with Crippen molar-refractivity contribution in [3.8, 4) is 5.75 Å². The maximum atomic E-state index is 13.1. The number of benzene rings is 2. The fraction of sp³-hybridized carbons (Fsp3) is 0.364. The molecule has 2 N–H and O–H groups in total. The van der Waals surface area contributed by atoms with Crippen LogP contribution in [-0.2, 0) is 9.59 Å². The van der Waals surface area contributed by atoms with E-state index in [1.807, 2.05) is 54.6 Å². The smallest absolute Gasteiger partial charge is 0.237 e. The third kappa shape index (κ3) is 2.52. The number of carbonyl (C=O) groups excluding carboxylic acids is 2. The summed E-state index contributed by atoms with van der Waals surface area (Å²) in [5.74, 6) is -0.497. The van der Waals surface area contributed by atoms with Gasteiger partial charge in [0.15, 0.2) is 5.72 Å². The number of anilines is 1. The number of nitrogens with one attached hydrogen (secondary N) is 2. The van der Waals surface area contributed by atoms with Crippen molar-refractivity contribution in [1.82, 2.24) is 5.32 Å². The normalized spacial score (nSPS) is 31.0. The van der Waals surface area contributed by atoms with Crippen molar-refractivity contribution in [2.24, 2.45) is 11.8 Å². The van der Waals surface area contributed by atoms with Gasteiger partial charge >= 0.3 is 0 Å². The van der Waals surface area contributed by atoms with E-state index in [9.17, 15) is 9.59 Å². The lowest BCUT2D eigenvalue weighted by atomic mass is 9.62. The molecule has 0 spiro atoms. The summed E-state index contributed by atoms with van der Waals surface area (Å²) in [5, 5.41) is 6.03. The molecule has 2 fully saturated rings. The first kappa shape index (κ1) is 16.4. The summed E-state index contributed by atoms with van der Waals surface area (Å²) in [4.78, 5) is 26.2. The van der Waals surface area contributed by atoms with Crippen molar-refractivity contribution < 1.29 is 14.3 Å². The van der Waals surface area contributed by atoms with Gasteiger partial charge in [0.05, 0.1) is 0 Å². The van der Waals surface area contributed by atoms with Crippen LogP contribution in [-0.4, -0.2) is 17.5 Å². The molecule has 0 radical (unpaired) electrons. The highest BCUT2D eigenvalue weighted by Gasteiger charge is 2.60. The molecular formula is C22H22N2O3. The molecule has 2 amide bonds. The second-order valence-electron chi connectivity index (χ2n) is 7.73. The first-order chi connectivity index (χ1) is 13.2. The first-order valence-corrected chi connectivity index (χ1v) is 9.64. The Bertz CT molecular complexity index is 897. The number of hydrogen-bond acceptors (Lipinski definition) is 3. The van der Waals surface area contributed by atoms with Crippen molar-refractivity contribution in [3.05, 3.63) is 60.2 Å². The number of ether oxygens (including phenoxy) is 1. The third-order valence-electron chi connectivity index (χ3n) is 6.22. The van der Waals surface area contributed by atoms with Gasteiger partial charge in [-0.15, -0.1) is 0 Å². The van der Waals surface area contributed by atoms with Crippen LogP contribution < -0.4 is 15.4 Å². The second-order valence-corrected chi connectivity index (χ2v) is 7.73. The maximum absolute atomic E-state index is 13.1. The molecule has 5 rings (SSSR count). The van der Waals surface area contributed by atoms with Crippen LogP contribution in [0, 0.1) is 11.8 Å². The average molecular weight is 362 g/mol. The van der Waals surface area contributed by atoms with Crippen LogP contribution in [0.15, 0.2) is 54.6 Å². The molecule has 1 saturated heterocycles. The van der Waals surface area contributed by atoms with E-state index in [0.717, 1.165) is 37.0 Å². The molecule has 2 aliphatic heterocycles. The minimum atomic E-state index is -0.758. The Hall–Kier alpha value is -2.82. The molecular weight excluding hydrogens is 340 g/mol. The predicted octanol–water partition coefficient (Wildman–Crippen LogP) is 3.43. The molecule has 27 heavy (non-hydrogen) atoms. The SMILES string of the molecule is O=C(Nc1ccccc1)[C@@H]1C(=O)N[C@@]23CCCC[C@@H]2[C@H]1c1ccccc1O3. The zero-order chi connectivity index (χ0) is 18.4. The van der Waals surface area contributed by atoms with Crippen LogP contribution in [0.4, 0.5) is 5.69 Å². The van der Waals surface area contributed by atoms with E-state index < -0.39 is 11.6 Å². The van der Waals surface area contributed by atoms with Crippen LogP contribution in [0.25, 0.3) is 0 Å². The van der Waals surface area contributed by atoms with Gasteiger partial charge in [-0.3, -0.25) is 9.59 Å². The van der Waals surface area contributed by atoms with Gasteiger partial charge in [-0.2, -0.15) is 0 Å². The summed E-state index contributed by atoms with van der Waals surface area (Å²) in [7, 11) is 0. The standard InChI is InChI=1S/C22H22N2O3/c25-20(23-14-8-2-1-3-9-14)19-18-15-10-4-5-12-17(15)27-22(24-21(19)26)13-7-6-11-16(18)22/h1-5,8-10,12,16,18-19H,6-7,11,13H2,(H,23,25)(H,24,26)/t16-,18-,19-,22-/m1/s1. The Morgan fingerprint density at radius 3 is 2.70 bits per heavy atom. The number of carbonyl (C=O) groups is 2. The quantitative estimate of drug-likeness (QED) is 0.805. The van der Waals surface area contributed by atoms with Crippen molar-refractivity contribution in [3.63, 3.8) is 0 Å².